The topological polar surface area (TPSA) is 68.3 Å². The molecule has 2 aromatic heterocycles. The van der Waals surface area contributed by atoms with Crippen LogP contribution in [0.15, 0.2) is 40.9 Å². The van der Waals surface area contributed by atoms with Gasteiger partial charge in [0.05, 0.1) is 28.0 Å². The Morgan fingerprint density at radius 3 is 2.44 bits per heavy atom. The second kappa shape index (κ2) is 6.05. The Morgan fingerprint density at radius 2 is 1.85 bits per heavy atom. The zero-order valence-corrected chi connectivity index (χ0v) is 14.5. The van der Waals surface area contributed by atoms with Crippen LogP contribution in [0.4, 0.5) is 8.78 Å². The molecule has 0 bridgehead atoms. The average Bonchev–Trinajstić information content (AvgIpc) is 3.12. The van der Waals surface area contributed by atoms with Gasteiger partial charge in [0.25, 0.3) is 0 Å². The van der Waals surface area contributed by atoms with E-state index in [-0.39, 0.29) is 22.2 Å². The molecule has 2 heterocycles. The summed E-state index contributed by atoms with van der Waals surface area (Å²) in [7, 11) is 0. The van der Waals surface area contributed by atoms with Gasteiger partial charge in [-0.2, -0.15) is 0 Å². The lowest BCUT2D eigenvalue weighted by atomic mass is 10.0. The molecular formula is C20H14F2N2O3. The maximum atomic E-state index is 14.6. The monoisotopic (exact) mass is 368 g/mol. The molecule has 0 fully saturated rings. The molecule has 0 saturated heterocycles. The van der Waals surface area contributed by atoms with Gasteiger partial charge in [-0.1, -0.05) is 5.16 Å². The molecule has 1 N–H and O–H groups in total. The molecule has 0 amide bonds. The van der Waals surface area contributed by atoms with Crippen molar-refractivity contribution < 1.29 is 23.2 Å². The summed E-state index contributed by atoms with van der Waals surface area (Å²) in [5.74, 6) is -1.11. The van der Waals surface area contributed by atoms with Gasteiger partial charge in [0.15, 0.2) is 6.29 Å². The number of nitrogens with zero attached hydrogens (tertiary/aromatic N) is 2. The number of phenols is 1. The summed E-state index contributed by atoms with van der Waals surface area (Å²) < 4.78 is 35.4. The molecule has 0 radical (unpaired) electrons. The molecule has 2 aromatic carbocycles. The molecule has 0 aliphatic carbocycles. The Labute approximate surface area is 152 Å². The molecule has 0 unspecified atom stereocenters. The third-order valence-corrected chi connectivity index (χ3v) is 4.52. The van der Waals surface area contributed by atoms with E-state index in [0.717, 1.165) is 6.07 Å². The van der Waals surface area contributed by atoms with E-state index in [4.69, 9.17) is 4.52 Å². The molecule has 0 atom stereocenters. The Bertz CT molecular complexity index is 1170. The predicted octanol–water partition coefficient (Wildman–Crippen LogP) is 4.70. The number of halogens is 2. The van der Waals surface area contributed by atoms with Gasteiger partial charge >= 0.3 is 0 Å². The van der Waals surface area contributed by atoms with Crippen LogP contribution >= 0.6 is 0 Å². The zero-order valence-electron chi connectivity index (χ0n) is 14.5. The average molecular weight is 368 g/mol. The van der Waals surface area contributed by atoms with E-state index >= 15 is 0 Å². The van der Waals surface area contributed by atoms with E-state index < -0.39 is 11.6 Å². The van der Waals surface area contributed by atoms with Crippen LogP contribution in [0.25, 0.3) is 27.8 Å². The normalized spacial score (nSPS) is 11.3. The van der Waals surface area contributed by atoms with Gasteiger partial charge in [0, 0.05) is 17.1 Å². The third-order valence-electron chi connectivity index (χ3n) is 4.52. The van der Waals surface area contributed by atoms with E-state index in [1.54, 1.807) is 30.5 Å². The number of carbonyl (C=O) groups is 1. The number of aromatic hydroxyl groups is 1. The highest BCUT2D eigenvalue weighted by Crippen LogP contribution is 2.39. The van der Waals surface area contributed by atoms with E-state index in [1.807, 2.05) is 0 Å². The van der Waals surface area contributed by atoms with Crippen LogP contribution in [-0.4, -0.2) is 21.1 Å². The summed E-state index contributed by atoms with van der Waals surface area (Å²) in [6.45, 7) is 3.38. The van der Waals surface area contributed by atoms with E-state index in [9.17, 15) is 18.7 Å². The fraction of sp³-hybridized carbons (Fsp3) is 0.100. The van der Waals surface area contributed by atoms with Crippen molar-refractivity contribution in [2.75, 3.05) is 0 Å². The highest BCUT2D eigenvalue weighted by atomic mass is 19.1. The minimum atomic E-state index is -0.836. The number of aldehydes is 1. The van der Waals surface area contributed by atoms with Crippen molar-refractivity contribution in [2.24, 2.45) is 0 Å². The molecular weight excluding hydrogens is 354 g/mol. The third kappa shape index (κ3) is 2.51. The zero-order chi connectivity index (χ0) is 19.3. The Kier molecular flexibility index (Phi) is 3.80. The summed E-state index contributed by atoms with van der Waals surface area (Å²) in [5.41, 5.74) is 2.18. The van der Waals surface area contributed by atoms with E-state index in [1.165, 1.54) is 18.2 Å². The van der Waals surface area contributed by atoms with Crippen LogP contribution in [0.2, 0.25) is 0 Å². The fourth-order valence-electron chi connectivity index (χ4n) is 3.41. The standard InChI is InChI=1S/C20H14F2N2O3/c1-10-18(11(2)27-23-10)20-15(9-25)19-16(22)7-12(21)8-17(19)24(20)13-3-5-14(26)6-4-13/h3-9,26H,1-2H3. The lowest BCUT2D eigenvalue weighted by Gasteiger charge is -2.12. The minimum Gasteiger partial charge on any atom is -0.508 e. The molecule has 4 aromatic rings. The first-order chi connectivity index (χ1) is 12.9. The van der Waals surface area contributed by atoms with Crippen molar-refractivity contribution >= 4 is 17.2 Å². The number of hydrogen-bond donors (Lipinski definition) is 1. The number of fused-ring (bicyclic) bond motifs is 1. The SMILES string of the molecule is Cc1noc(C)c1-c1c(C=O)c2c(F)cc(F)cc2n1-c1ccc(O)cc1. The summed E-state index contributed by atoms with van der Waals surface area (Å²) in [6, 6.07) is 8.00. The van der Waals surface area contributed by atoms with Crippen molar-refractivity contribution in [3.05, 3.63) is 65.1 Å². The summed E-state index contributed by atoms with van der Waals surface area (Å²) in [4.78, 5) is 11.9. The molecule has 136 valence electrons. The first-order valence-corrected chi connectivity index (χ1v) is 8.13. The molecule has 7 heteroatoms. The summed E-state index contributed by atoms with van der Waals surface area (Å²) >= 11 is 0. The number of aromatic nitrogens is 2. The maximum Gasteiger partial charge on any atom is 0.152 e. The number of aryl methyl sites for hydroxylation is 2. The highest BCUT2D eigenvalue weighted by molar-refractivity contribution is 6.06. The van der Waals surface area contributed by atoms with Crippen LogP contribution < -0.4 is 0 Å². The van der Waals surface area contributed by atoms with Gasteiger partial charge in [0.2, 0.25) is 0 Å². The molecule has 0 aliphatic rings. The minimum absolute atomic E-state index is 0.00877. The first kappa shape index (κ1) is 17.0. The van der Waals surface area contributed by atoms with Gasteiger partial charge in [-0.05, 0) is 44.2 Å². The quantitative estimate of drug-likeness (QED) is 0.532. The maximum absolute atomic E-state index is 14.6. The van der Waals surface area contributed by atoms with Crippen LogP contribution in [0, 0.1) is 25.5 Å². The number of carbonyl (C=O) groups excluding carboxylic acids is 1. The van der Waals surface area contributed by atoms with E-state index in [0.29, 0.717) is 34.7 Å². The van der Waals surface area contributed by atoms with Crippen LogP contribution in [0.3, 0.4) is 0 Å². The first-order valence-electron chi connectivity index (χ1n) is 8.13. The number of hydrogen-bond acceptors (Lipinski definition) is 4. The van der Waals surface area contributed by atoms with Gasteiger partial charge in [-0.15, -0.1) is 0 Å². The molecule has 27 heavy (non-hydrogen) atoms. The Balaban J connectivity index is 2.24. The second-order valence-corrected chi connectivity index (χ2v) is 6.21. The fourth-order valence-corrected chi connectivity index (χ4v) is 3.41. The Hall–Kier alpha value is -3.48. The molecule has 0 spiro atoms. The number of phenolic OH excluding ortho intramolecular Hbond substituents is 1. The largest absolute Gasteiger partial charge is 0.508 e. The van der Waals surface area contributed by atoms with Gasteiger partial charge in [0.1, 0.15) is 23.1 Å². The summed E-state index contributed by atoms with van der Waals surface area (Å²) in [6.07, 6.45) is 0.543. The predicted molar refractivity (Wildman–Crippen MR) is 95.2 cm³/mol. The molecule has 0 aliphatic heterocycles. The van der Waals surface area contributed by atoms with Gasteiger partial charge in [-0.3, -0.25) is 4.79 Å². The lowest BCUT2D eigenvalue weighted by Crippen LogP contribution is -1.99. The smallest absolute Gasteiger partial charge is 0.152 e. The molecule has 4 rings (SSSR count). The number of rotatable bonds is 3. The van der Waals surface area contributed by atoms with Crippen LogP contribution in [0.5, 0.6) is 5.75 Å². The van der Waals surface area contributed by atoms with Gasteiger partial charge in [-0.25, -0.2) is 8.78 Å². The lowest BCUT2D eigenvalue weighted by molar-refractivity contribution is 0.112. The van der Waals surface area contributed by atoms with Crippen molar-refractivity contribution in [2.45, 2.75) is 13.8 Å². The van der Waals surface area contributed by atoms with Gasteiger partial charge < -0.3 is 14.2 Å². The second-order valence-electron chi connectivity index (χ2n) is 6.21. The van der Waals surface area contributed by atoms with Crippen molar-refractivity contribution in [1.82, 2.24) is 9.72 Å². The molecule has 0 saturated carbocycles. The van der Waals surface area contributed by atoms with E-state index in [2.05, 4.69) is 5.16 Å². The van der Waals surface area contributed by atoms with Crippen molar-refractivity contribution in [3.8, 4) is 22.7 Å². The van der Waals surface area contributed by atoms with Crippen molar-refractivity contribution in [3.63, 3.8) is 0 Å². The summed E-state index contributed by atoms with van der Waals surface area (Å²) in [5, 5.41) is 13.5. The highest BCUT2D eigenvalue weighted by Gasteiger charge is 2.27. The molecule has 5 nitrogen and oxygen atoms in total. The number of benzene rings is 2. The van der Waals surface area contributed by atoms with Crippen molar-refractivity contribution in [1.29, 1.82) is 0 Å². The van der Waals surface area contributed by atoms with Crippen LogP contribution in [0.1, 0.15) is 21.8 Å². The Morgan fingerprint density at radius 1 is 1.15 bits per heavy atom. The van der Waals surface area contributed by atoms with Crippen LogP contribution in [-0.2, 0) is 0 Å².